The third-order valence-corrected chi connectivity index (χ3v) is 4.48. The van der Waals surface area contributed by atoms with Crippen molar-refractivity contribution in [3.63, 3.8) is 0 Å². The lowest BCUT2D eigenvalue weighted by Crippen LogP contribution is -2.04. The van der Waals surface area contributed by atoms with Gasteiger partial charge in [0.05, 0.1) is 36.0 Å². The minimum absolute atomic E-state index is 0.0324. The molecule has 0 atom stereocenters. The van der Waals surface area contributed by atoms with E-state index in [1.165, 1.54) is 4.88 Å². The van der Waals surface area contributed by atoms with Crippen LogP contribution in [0.3, 0.4) is 0 Å². The molecule has 0 saturated heterocycles. The molecule has 4 nitrogen and oxygen atoms in total. The molecule has 1 aromatic heterocycles. The predicted octanol–water partition coefficient (Wildman–Crippen LogP) is 3.34. The van der Waals surface area contributed by atoms with Crippen molar-refractivity contribution in [2.24, 2.45) is 0 Å². The second kappa shape index (κ2) is 7.06. The van der Waals surface area contributed by atoms with E-state index in [0.29, 0.717) is 18.1 Å². The van der Waals surface area contributed by atoms with E-state index in [1.807, 2.05) is 18.5 Å². The lowest BCUT2D eigenvalue weighted by Gasteiger charge is -2.13. The topological polar surface area (TPSA) is 51.6 Å². The molecule has 0 fully saturated rings. The van der Waals surface area contributed by atoms with Gasteiger partial charge < -0.3 is 14.6 Å². The Hall–Kier alpha value is -1.11. The van der Waals surface area contributed by atoms with Gasteiger partial charge in [-0.05, 0) is 40.5 Å². The van der Waals surface area contributed by atoms with Gasteiger partial charge in [0.25, 0.3) is 0 Å². The van der Waals surface area contributed by atoms with Crippen LogP contribution in [0.15, 0.2) is 22.1 Å². The standard InChI is InChI=1S/C14H16BrNO3S/c1-9-13(20-8-16-9)3-4-19-14-11(15)5-10(7-17)6-12(14)18-2/h5-6,8,17H,3-4,7H2,1-2H3. The number of ether oxygens (including phenoxy) is 2. The van der Waals surface area contributed by atoms with Gasteiger partial charge in [0.2, 0.25) is 0 Å². The molecule has 2 rings (SSSR count). The summed E-state index contributed by atoms with van der Waals surface area (Å²) in [6.45, 7) is 2.52. The number of aliphatic hydroxyl groups excluding tert-OH is 1. The number of nitrogens with zero attached hydrogens (tertiary/aromatic N) is 1. The largest absolute Gasteiger partial charge is 0.493 e. The fourth-order valence-electron chi connectivity index (χ4n) is 1.82. The van der Waals surface area contributed by atoms with Crippen LogP contribution in [0.5, 0.6) is 11.5 Å². The minimum Gasteiger partial charge on any atom is -0.493 e. The normalized spacial score (nSPS) is 10.6. The molecular weight excluding hydrogens is 342 g/mol. The first-order valence-corrected chi connectivity index (χ1v) is 7.82. The van der Waals surface area contributed by atoms with Crippen LogP contribution in [-0.2, 0) is 13.0 Å². The van der Waals surface area contributed by atoms with E-state index in [2.05, 4.69) is 20.9 Å². The molecule has 0 unspecified atom stereocenters. The third kappa shape index (κ3) is 3.50. The third-order valence-electron chi connectivity index (χ3n) is 2.89. The molecule has 20 heavy (non-hydrogen) atoms. The summed E-state index contributed by atoms with van der Waals surface area (Å²) in [5, 5.41) is 9.18. The van der Waals surface area contributed by atoms with Crippen molar-refractivity contribution in [2.45, 2.75) is 20.0 Å². The van der Waals surface area contributed by atoms with Crippen LogP contribution in [0.4, 0.5) is 0 Å². The molecule has 0 spiro atoms. The molecule has 6 heteroatoms. The van der Waals surface area contributed by atoms with Gasteiger partial charge in [-0.15, -0.1) is 11.3 Å². The van der Waals surface area contributed by atoms with Crippen LogP contribution >= 0.6 is 27.3 Å². The van der Waals surface area contributed by atoms with Crippen molar-refractivity contribution in [2.75, 3.05) is 13.7 Å². The van der Waals surface area contributed by atoms with Crippen LogP contribution < -0.4 is 9.47 Å². The Morgan fingerprint density at radius 2 is 2.20 bits per heavy atom. The summed E-state index contributed by atoms with van der Waals surface area (Å²) in [5.41, 5.74) is 3.68. The fourth-order valence-corrected chi connectivity index (χ4v) is 3.18. The molecule has 0 aliphatic rings. The van der Waals surface area contributed by atoms with Crippen molar-refractivity contribution in [3.8, 4) is 11.5 Å². The molecule has 0 aliphatic heterocycles. The van der Waals surface area contributed by atoms with E-state index < -0.39 is 0 Å². The molecular formula is C14H16BrNO3S. The van der Waals surface area contributed by atoms with Crippen LogP contribution in [-0.4, -0.2) is 23.8 Å². The van der Waals surface area contributed by atoms with Crippen molar-refractivity contribution in [1.82, 2.24) is 4.98 Å². The molecule has 0 aliphatic carbocycles. The Morgan fingerprint density at radius 3 is 2.80 bits per heavy atom. The highest BCUT2D eigenvalue weighted by molar-refractivity contribution is 9.10. The van der Waals surface area contributed by atoms with E-state index in [-0.39, 0.29) is 6.61 Å². The van der Waals surface area contributed by atoms with Gasteiger partial charge in [-0.3, -0.25) is 0 Å². The summed E-state index contributed by atoms with van der Waals surface area (Å²) < 4.78 is 11.9. The number of rotatable bonds is 6. The SMILES string of the molecule is COc1cc(CO)cc(Br)c1OCCc1scnc1C. The first-order chi connectivity index (χ1) is 9.65. The quantitative estimate of drug-likeness (QED) is 0.861. The van der Waals surface area contributed by atoms with Gasteiger partial charge in [0, 0.05) is 11.3 Å². The van der Waals surface area contributed by atoms with E-state index >= 15 is 0 Å². The van der Waals surface area contributed by atoms with E-state index in [0.717, 1.165) is 22.2 Å². The number of hydrogen-bond acceptors (Lipinski definition) is 5. The summed E-state index contributed by atoms with van der Waals surface area (Å²) >= 11 is 5.08. The van der Waals surface area contributed by atoms with E-state index in [9.17, 15) is 5.11 Å². The predicted molar refractivity (Wildman–Crippen MR) is 82.7 cm³/mol. The highest BCUT2D eigenvalue weighted by Gasteiger charge is 2.12. The Morgan fingerprint density at radius 1 is 1.40 bits per heavy atom. The van der Waals surface area contributed by atoms with Gasteiger partial charge in [-0.25, -0.2) is 4.98 Å². The molecule has 108 valence electrons. The van der Waals surface area contributed by atoms with Crippen molar-refractivity contribution in [1.29, 1.82) is 0 Å². The van der Waals surface area contributed by atoms with Crippen LogP contribution in [0.25, 0.3) is 0 Å². The summed E-state index contributed by atoms with van der Waals surface area (Å²) in [6, 6.07) is 3.61. The van der Waals surface area contributed by atoms with Gasteiger partial charge in [-0.1, -0.05) is 0 Å². The number of hydrogen-bond donors (Lipinski definition) is 1. The maximum absolute atomic E-state index is 9.18. The maximum atomic E-state index is 9.18. The van der Waals surface area contributed by atoms with Crippen molar-refractivity contribution < 1.29 is 14.6 Å². The zero-order chi connectivity index (χ0) is 14.5. The second-order valence-corrected chi connectivity index (χ2v) is 6.02. The summed E-state index contributed by atoms with van der Waals surface area (Å²) in [6.07, 6.45) is 0.813. The monoisotopic (exact) mass is 357 g/mol. The van der Waals surface area contributed by atoms with Crippen molar-refractivity contribution in [3.05, 3.63) is 38.3 Å². The van der Waals surface area contributed by atoms with Gasteiger partial charge in [0.15, 0.2) is 11.5 Å². The number of thiazole rings is 1. The molecule has 2 aromatic rings. The Balaban J connectivity index is 2.07. The molecule has 0 bridgehead atoms. The van der Waals surface area contributed by atoms with Crippen LogP contribution in [0, 0.1) is 6.92 Å². The Kier molecular flexibility index (Phi) is 5.39. The Labute approximate surface area is 130 Å². The highest BCUT2D eigenvalue weighted by atomic mass is 79.9. The zero-order valence-electron chi connectivity index (χ0n) is 11.4. The number of aliphatic hydroxyl groups is 1. The van der Waals surface area contributed by atoms with Gasteiger partial charge >= 0.3 is 0 Å². The molecule has 0 saturated carbocycles. The second-order valence-electron chi connectivity index (χ2n) is 4.23. The average molecular weight is 358 g/mol. The lowest BCUT2D eigenvalue weighted by atomic mass is 10.2. The highest BCUT2D eigenvalue weighted by Crippen LogP contribution is 2.36. The molecule has 1 N–H and O–H groups in total. The van der Waals surface area contributed by atoms with Crippen molar-refractivity contribution >= 4 is 27.3 Å². The van der Waals surface area contributed by atoms with Crippen LogP contribution in [0.1, 0.15) is 16.1 Å². The van der Waals surface area contributed by atoms with Crippen LogP contribution in [0.2, 0.25) is 0 Å². The zero-order valence-corrected chi connectivity index (χ0v) is 13.8. The molecule has 1 heterocycles. The molecule has 0 radical (unpaired) electrons. The first-order valence-electron chi connectivity index (χ1n) is 6.14. The Bertz CT molecular complexity index is 586. The fraction of sp³-hybridized carbons (Fsp3) is 0.357. The smallest absolute Gasteiger partial charge is 0.175 e. The van der Waals surface area contributed by atoms with Gasteiger partial charge in [0.1, 0.15) is 0 Å². The average Bonchev–Trinajstić information content (AvgIpc) is 2.85. The lowest BCUT2D eigenvalue weighted by molar-refractivity contribution is 0.277. The molecule has 0 amide bonds. The summed E-state index contributed by atoms with van der Waals surface area (Å²) in [7, 11) is 1.59. The van der Waals surface area contributed by atoms with E-state index in [4.69, 9.17) is 9.47 Å². The van der Waals surface area contributed by atoms with Gasteiger partial charge in [-0.2, -0.15) is 0 Å². The number of halogens is 1. The number of aromatic nitrogens is 1. The first kappa shape index (κ1) is 15.3. The maximum Gasteiger partial charge on any atom is 0.175 e. The summed E-state index contributed by atoms with van der Waals surface area (Å²) in [5.74, 6) is 1.27. The van der Waals surface area contributed by atoms with E-state index in [1.54, 1.807) is 24.5 Å². The number of aryl methyl sites for hydroxylation is 1. The number of methoxy groups -OCH3 is 1. The summed E-state index contributed by atoms with van der Waals surface area (Å²) in [4.78, 5) is 5.45. The minimum atomic E-state index is -0.0324. The molecule has 1 aromatic carbocycles. The number of benzene rings is 1.